The summed E-state index contributed by atoms with van der Waals surface area (Å²) in [5.41, 5.74) is 3.18. The predicted octanol–water partition coefficient (Wildman–Crippen LogP) is 4.56. The maximum absolute atomic E-state index is 13.7. The highest BCUT2D eigenvalue weighted by Gasteiger charge is 2.54. The molecule has 0 radical (unpaired) electrons. The normalized spacial score (nSPS) is 35.1. The van der Waals surface area contributed by atoms with Crippen molar-refractivity contribution >= 4 is 17.8 Å². The zero-order chi connectivity index (χ0) is 20.4. The summed E-state index contributed by atoms with van der Waals surface area (Å²) in [6.45, 7) is 4.30. The minimum absolute atomic E-state index is 0.148. The van der Waals surface area contributed by atoms with Gasteiger partial charge in [-0.15, -0.1) is 0 Å². The highest BCUT2D eigenvalue weighted by molar-refractivity contribution is 6.01. The molecule has 4 nitrogen and oxygen atoms in total. The minimum atomic E-state index is -0.158. The number of ether oxygens (including phenoxy) is 1. The largest absolute Gasteiger partial charge is 0.496 e. The van der Waals surface area contributed by atoms with E-state index >= 15 is 0 Å². The van der Waals surface area contributed by atoms with Crippen LogP contribution in [0.4, 0.5) is 0 Å². The fourth-order valence-corrected chi connectivity index (χ4v) is 7.07. The molecule has 0 unspecified atom stereocenters. The van der Waals surface area contributed by atoms with Gasteiger partial charge in [0.05, 0.1) is 12.7 Å². The van der Waals surface area contributed by atoms with Crippen LogP contribution in [0.2, 0.25) is 0 Å². The van der Waals surface area contributed by atoms with Crippen LogP contribution in [0, 0.1) is 23.2 Å². The van der Waals surface area contributed by atoms with Gasteiger partial charge in [-0.2, -0.15) is 0 Å². The minimum Gasteiger partial charge on any atom is -0.496 e. The fraction of sp³-hybridized carbons (Fsp3) is 0.600. The Balaban J connectivity index is 1.55. The van der Waals surface area contributed by atoms with Crippen molar-refractivity contribution in [1.82, 2.24) is 5.32 Å². The van der Waals surface area contributed by atoms with Gasteiger partial charge in [0, 0.05) is 28.3 Å². The molecule has 1 aliphatic heterocycles. The standard InChI is InChI=1S/C25H31NO3/c1-24(2)13-18-8-22(29-3)19(14-27)7-20(18)21(26-24)9-23(28)25-10-15-4-16(11-25)6-17(5-15)12-25/h7-9,14-17,26H,4-6,10-13H2,1-3H3/b21-9-. The number of fused-ring (bicyclic) bond motifs is 1. The van der Waals surface area contributed by atoms with E-state index in [4.69, 9.17) is 4.74 Å². The van der Waals surface area contributed by atoms with Gasteiger partial charge in [-0.05, 0) is 94.2 Å². The molecular formula is C25H31NO3. The third-order valence-electron chi connectivity index (χ3n) is 7.81. The van der Waals surface area contributed by atoms with Crippen LogP contribution in [0.5, 0.6) is 5.75 Å². The molecule has 0 spiro atoms. The average molecular weight is 394 g/mol. The van der Waals surface area contributed by atoms with E-state index in [0.717, 1.165) is 66.5 Å². The van der Waals surface area contributed by atoms with Gasteiger partial charge >= 0.3 is 0 Å². The van der Waals surface area contributed by atoms with Gasteiger partial charge in [-0.3, -0.25) is 9.59 Å². The second-order valence-corrected chi connectivity index (χ2v) is 10.7. The van der Waals surface area contributed by atoms with E-state index in [9.17, 15) is 9.59 Å². The first-order valence-corrected chi connectivity index (χ1v) is 11.0. The molecule has 1 N–H and O–H groups in total. The van der Waals surface area contributed by atoms with Gasteiger partial charge in [0.25, 0.3) is 0 Å². The second-order valence-electron chi connectivity index (χ2n) is 10.7. The van der Waals surface area contributed by atoms with E-state index in [1.165, 1.54) is 19.3 Å². The SMILES string of the molecule is COc1cc2c(cc1C=O)/C(=C/C(=O)C13CC4CC(CC(C4)C1)C3)NC(C)(C)C2. The summed E-state index contributed by atoms with van der Waals surface area (Å²) >= 11 is 0. The Morgan fingerprint density at radius 1 is 1.10 bits per heavy atom. The van der Waals surface area contributed by atoms with Gasteiger partial charge in [-0.25, -0.2) is 0 Å². The van der Waals surface area contributed by atoms with E-state index < -0.39 is 0 Å². The summed E-state index contributed by atoms with van der Waals surface area (Å²) in [6, 6.07) is 3.84. The number of nitrogens with one attached hydrogen (secondary N) is 1. The lowest BCUT2D eigenvalue weighted by Crippen LogP contribution is -2.50. The van der Waals surface area contributed by atoms with E-state index in [2.05, 4.69) is 19.2 Å². The summed E-state index contributed by atoms with van der Waals surface area (Å²) in [6.07, 6.45) is 10.7. The van der Waals surface area contributed by atoms with Gasteiger partial charge < -0.3 is 10.1 Å². The molecule has 0 aromatic heterocycles. The molecule has 0 atom stereocenters. The lowest BCUT2D eigenvalue weighted by molar-refractivity contribution is -0.138. The van der Waals surface area contributed by atoms with Crippen LogP contribution in [-0.4, -0.2) is 24.7 Å². The van der Waals surface area contributed by atoms with Crippen molar-refractivity contribution in [3.8, 4) is 5.75 Å². The smallest absolute Gasteiger partial charge is 0.163 e. The molecule has 0 saturated heterocycles. The van der Waals surface area contributed by atoms with Crippen molar-refractivity contribution in [2.75, 3.05) is 7.11 Å². The van der Waals surface area contributed by atoms with Crippen molar-refractivity contribution in [1.29, 1.82) is 0 Å². The van der Waals surface area contributed by atoms with E-state index in [0.29, 0.717) is 17.1 Å². The van der Waals surface area contributed by atoms with Crippen molar-refractivity contribution in [3.05, 3.63) is 34.9 Å². The topological polar surface area (TPSA) is 55.4 Å². The summed E-state index contributed by atoms with van der Waals surface area (Å²) in [7, 11) is 1.59. The van der Waals surface area contributed by atoms with Crippen molar-refractivity contribution < 1.29 is 14.3 Å². The maximum atomic E-state index is 13.7. The van der Waals surface area contributed by atoms with Crippen molar-refractivity contribution in [3.63, 3.8) is 0 Å². The monoisotopic (exact) mass is 393 g/mol. The first-order chi connectivity index (χ1) is 13.8. The molecule has 1 aromatic carbocycles. The summed E-state index contributed by atoms with van der Waals surface area (Å²) in [4.78, 5) is 25.2. The van der Waals surface area contributed by atoms with Gasteiger partial charge in [0.15, 0.2) is 12.1 Å². The zero-order valence-electron chi connectivity index (χ0n) is 17.7. The third kappa shape index (κ3) is 3.12. The number of allylic oxidation sites excluding steroid dienone is 1. The van der Waals surface area contributed by atoms with Crippen LogP contribution in [0.25, 0.3) is 5.70 Å². The van der Waals surface area contributed by atoms with Gasteiger partial charge in [-0.1, -0.05) is 0 Å². The number of rotatable bonds is 4. The number of carbonyl (C=O) groups excluding carboxylic acids is 2. The quantitative estimate of drug-likeness (QED) is 0.602. The molecule has 4 heteroatoms. The molecule has 0 amide bonds. The van der Waals surface area contributed by atoms with E-state index in [-0.39, 0.29) is 11.0 Å². The van der Waals surface area contributed by atoms with Crippen LogP contribution in [-0.2, 0) is 11.2 Å². The second kappa shape index (κ2) is 6.45. The number of hydrogen-bond donors (Lipinski definition) is 1. The number of carbonyl (C=O) groups is 2. The maximum Gasteiger partial charge on any atom is 0.163 e. The Hall–Kier alpha value is -2.10. The first-order valence-electron chi connectivity index (χ1n) is 11.0. The third-order valence-corrected chi connectivity index (χ3v) is 7.81. The van der Waals surface area contributed by atoms with Crippen LogP contribution < -0.4 is 10.1 Å². The molecule has 1 heterocycles. The molecule has 4 aliphatic carbocycles. The molecule has 4 saturated carbocycles. The molecule has 29 heavy (non-hydrogen) atoms. The molecule has 1 aromatic rings. The number of methoxy groups -OCH3 is 1. The lowest BCUT2D eigenvalue weighted by Gasteiger charge is -2.55. The Kier molecular flexibility index (Phi) is 4.20. The molecule has 4 bridgehead atoms. The number of hydrogen-bond acceptors (Lipinski definition) is 4. The first kappa shape index (κ1) is 18.9. The van der Waals surface area contributed by atoms with E-state index in [1.54, 1.807) is 7.11 Å². The molecule has 6 rings (SSSR count). The van der Waals surface area contributed by atoms with Crippen LogP contribution in [0.15, 0.2) is 18.2 Å². The lowest BCUT2D eigenvalue weighted by atomic mass is 9.48. The van der Waals surface area contributed by atoms with Gasteiger partial charge in [0.1, 0.15) is 5.75 Å². The number of benzene rings is 1. The Bertz CT molecular complexity index is 876. The van der Waals surface area contributed by atoms with E-state index in [1.807, 2.05) is 18.2 Å². The summed E-state index contributed by atoms with van der Waals surface area (Å²) < 4.78 is 5.41. The highest BCUT2D eigenvalue weighted by atomic mass is 16.5. The number of ketones is 1. The van der Waals surface area contributed by atoms with Crippen LogP contribution >= 0.6 is 0 Å². The summed E-state index contributed by atoms with van der Waals surface area (Å²) in [5.74, 6) is 3.14. The molecule has 154 valence electrons. The van der Waals surface area contributed by atoms with Crippen LogP contribution in [0.3, 0.4) is 0 Å². The zero-order valence-corrected chi connectivity index (χ0v) is 17.7. The average Bonchev–Trinajstić information content (AvgIpc) is 2.65. The number of aldehydes is 1. The van der Waals surface area contributed by atoms with Crippen molar-refractivity contribution in [2.24, 2.45) is 23.2 Å². The van der Waals surface area contributed by atoms with Crippen LogP contribution in [0.1, 0.15) is 73.9 Å². The fourth-order valence-electron chi connectivity index (χ4n) is 7.07. The Morgan fingerprint density at radius 2 is 1.72 bits per heavy atom. The molecule has 4 fully saturated rings. The van der Waals surface area contributed by atoms with Gasteiger partial charge in [0.2, 0.25) is 0 Å². The predicted molar refractivity (Wildman–Crippen MR) is 113 cm³/mol. The molecule has 5 aliphatic rings. The Labute approximate surface area is 173 Å². The molecular weight excluding hydrogens is 362 g/mol. The Morgan fingerprint density at radius 3 is 2.28 bits per heavy atom. The summed E-state index contributed by atoms with van der Waals surface area (Å²) in [5, 5.41) is 3.58. The highest BCUT2D eigenvalue weighted by Crippen LogP contribution is 2.60. The van der Waals surface area contributed by atoms with Crippen molar-refractivity contribution in [2.45, 2.75) is 64.3 Å².